The largest absolute Gasteiger partial charge is 0.493 e. The maximum Gasteiger partial charge on any atom is 0.310 e. The summed E-state index contributed by atoms with van der Waals surface area (Å²) in [4.78, 5) is 24.6. The van der Waals surface area contributed by atoms with Gasteiger partial charge < -0.3 is 18.9 Å². The Kier molecular flexibility index (Phi) is 7.14. The molecule has 0 fully saturated rings. The van der Waals surface area contributed by atoms with Crippen LogP contribution in [0.4, 0.5) is 0 Å². The second-order valence-electron chi connectivity index (χ2n) is 6.44. The van der Waals surface area contributed by atoms with E-state index in [4.69, 9.17) is 18.9 Å². The number of fused-ring (bicyclic) bond motifs is 1. The number of halogens is 1. The highest BCUT2D eigenvalue weighted by molar-refractivity contribution is 9.10. The molecule has 0 aromatic heterocycles. The first-order valence-electron chi connectivity index (χ1n) is 9.54. The Morgan fingerprint density at radius 1 is 1.07 bits per heavy atom. The maximum absolute atomic E-state index is 12.4. The number of esters is 1. The van der Waals surface area contributed by atoms with E-state index in [9.17, 15) is 9.59 Å². The van der Waals surface area contributed by atoms with Gasteiger partial charge in [-0.1, -0.05) is 15.9 Å². The molecule has 0 saturated heterocycles. The topological polar surface area (TPSA) is 71.1 Å². The monoisotopic (exact) mass is 462 g/mol. The number of hydrogen-bond acceptors (Lipinski definition) is 6. The molecule has 0 atom stereocenters. The zero-order valence-corrected chi connectivity index (χ0v) is 18.0. The van der Waals surface area contributed by atoms with Crippen LogP contribution in [0, 0.1) is 0 Å². The predicted molar refractivity (Wildman–Crippen MR) is 111 cm³/mol. The predicted octanol–water partition coefficient (Wildman–Crippen LogP) is 4.15. The molecule has 0 saturated carbocycles. The van der Waals surface area contributed by atoms with E-state index in [-0.39, 0.29) is 18.8 Å². The van der Waals surface area contributed by atoms with Gasteiger partial charge in [0.2, 0.25) is 0 Å². The van der Waals surface area contributed by atoms with Crippen molar-refractivity contribution in [3.8, 4) is 17.2 Å². The van der Waals surface area contributed by atoms with Gasteiger partial charge in [0.05, 0.1) is 26.2 Å². The minimum Gasteiger partial charge on any atom is -0.493 e. The van der Waals surface area contributed by atoms with Crippen LogP contribution in [0.1, 0.15) is 35.3 Å². The molecule has 0 amide bonds. The van der Waals surface area contributed by atoms with Crippen molar-refractivity contribution in [2.45, 2.75) is 26.7 Å². The van der Waals surface area contributed by atoms with E-state index in [2.05, 4.69) is 15.9 Å². The Hall–Kier alpha value is -2.54. The van der Waals surface area contributed by atoms with Gasteiger partial charge in [0.1, 0.15) is 5.75 Å². The van der Waals surface area contributed by atoms with Gasteiger partial charge in [0.25, 0.3) is 0 Å². The van der Waals surface area contributed by atoms with Gasteiger partial charge in [0, 0.05) is 16.5 Å². The zero-order chi connectivity index (χ0) is 20.8. The smallest absolute Gasteiger partial charge is 0.310 e. The number of ether oxygens (including phenoxy) is 4. The number of hydrogen-bond donors (Lipinski definition) is 0. The summed E-state index contributed by atoms with van der Waals surface area (Å²) in [5, 5.41) is 0. The van der Waals surface area contributed by atoms with Crippen LogP contribution in [0.15, 0.2) is 34.8 Å². The van der Waals surface area contributed by atoms with Gasteiger partial charge in [0.15, 0.2) is 23.9 Å². The molecule has 0 aliphatic carbocycles. The van der Waals surface area contributed by atoms with Crippen molar-refractivity contribution in [3.63, 3.8) is 0 Å². The fourth-order valence-corrected chi connectivity index (χ4v) is 3.51. The second-order valence-corrected chi connectivity index (χ2v) is 7.29. The standard InChI is InChI=1S/C22H23BrO6/c1-3-26-20-10-16(17(23)12-21(20)27-4-2)11-22(25)29-13-18(24)14-5-6-19-15(9-14)7-8-28-19/h5-6,9-10,12H,3-4,7-8,11,13H2,1-2H3. The number of benzene rings is 2. The van der Waals surface area contributed by atoms with E-state index in [0.29, 0.717) is 46.9 Å². The molecule has 0 radical (unpaired) electrons. The fourth-order valence-electron chi connectivity index (χ4n) is 3.05. The molecule has 1 aliphatic rings. The maximum atomic E-state index is 12.4. The first-order valence-corrected chi connectivity index (χ1v) is 10.3. The number of carbonyl (C=O) groups is 2. The third kappa shape index (κ3) is 5.29. The van der Waals surface area contributed by atoms with Crippen LogP contribution in [-0.4, -0.2) is 38.2 Å². The average molecular weight is 463 g/mol. The molecule has 6 nitrogen and oxygen atoms in total. The van der Waals surface area contributed by atoms with Crippen molar-refractivity contribution < 1.29 is 28.5 Å². The first kappa shape index (κ1) is 21.2. The summed E-state index contributed by atoms with van der Waals surface area (Å²) in [6.07, 6.45) is 0.794. The van der Waals surface area contributed by atoms with Crippen molar-refractivity contribution in [1.29, 1.82) is 0 Å². The van der Waals surface area contributed by atoms with E-state index in [1.807, 2.05) is 13.8 Å². The lowest BCUT2D eigenvalue weighted by Crippen LogP contribution is -2.16. The SMILES string of the molecule is CCOc1cc(Br)c(CC(=O)OCC(=O)c2ccc3c(c2)CCO3)cc1OCC. The number of carbonyl (C=O) groups excluding carboxylic acids is 2. The number of ketones is 1. The summed E-state index contributed by atoms with van der Waals surface area (Å²) < 4.78 is 22.5. The Balaban J connectivity index is 1.61. The Bertz CT molecular complexity index is 908. The van der Waals surface area contributed by atoms with Gasteiger partial charge in [-0.2, -0.15) is 0 Å². The minimum absolute atomic E-state index is 0.0123. The number of Topliss-reactive ketones (excluding diaryl/α,β-unsaturated/α-hetero) is 1. The molecule has 1 aliphatic heterocycles. The molecular formula is C22H23BrO6. The van der Waals surface area contributed by atoms with E-state index in [1.54, 1.807) is 30.3 Å². The minimum atomic E-state index is -0.491. The summed E-state index contributed by atoms with van der Waals surface area (Å²) >= 11 is 3.45. The van der Waals surface area contributed by atoms with Crippen LogP contribution < -0.4 is 14.2 Å². The first-order chi connectivity index (χ1) is 14.0. The van der Waals surface area contributed by atoms with Crippen LogP contribution in [-0.2, 0) is 22.4 Å². The van der Waals surface area contributed by atoms with E-state index >= 15 is 0 Å². The third-order valence-electron chi connectivity index (χ3n) is 4.42. The summed E-state index contributed by atoms with van der Waals surface area (Å²) in [6.45, 7) is 5.08. The van der Waals surface area contributed by atoms with E-state index in [1.165, 1.54) is 0 Å². The molecule has 3 rings (SSSR count). The highest BCUT2D eigenvalue weighted by Crippen LogP contribution is 2.34. The molecule has 0 N–H and O–H groups in total. The van der Waals surface area contributed by atoms with Crippen molar-refractivity contribution in [3.05, 3.63) is 51.5 Å². The second kappa shape index (κ2) is 9.78. The Morgan fingerprint density at radius 2 is 1.79 bits per heavy atom. The van der Waals surface area contributed by atoms with Gasteiger partial charge in [-0.05, 0) is 55.3 Å². The lowest BCUT2D eigenvalue weighted by atomic mass is 10.1. The van der Waals surface area contributed by atoms with Crippen molar-refractivity contribution in [2.75, 3.05) is 26.4 Å². The molecule has 154 valence electrons. The molecule has 2 aromatic carbocycles. The fraction of sp³-hybridized carbons (Fsp3) is 0.364. The average Bonchev–Trinajstić information content (AvgIpc) is 3.17. The van der Waals surface area contributed by atoms with Crippen molar-refractivity contribution in [1.82, 2.24) is 0 Å². The Labute approximate surface area is 178 Å². The summed E-state index contributed by atoms with van der Waals surface area (Å²) in [6, 6.07) is 8.80. The summed E-state index contributed by atoms with van der Waals surface area (Å²) in [5.74, 6) is 1.25. The summed E-state index contributed by atoms with van der Waals surface area (Å²) in [7, 11) is 0. The normalized spacial score (nSPS) is 12.1. The Morgan fingerprint density at radius 3 is 2.52 bits per heavy atom. The molecule has 0 spiro atoms. The van der Waals surface area contributed by atoms with E-state index < -0.39 is 5.97 Å². The van der Waals surface area contributed by atoms with Crippen LogP contribution in [0.2, 0.25) is 0 Å². The number of rotatable bonds is 9. The van der Waals surface area contributed by atoms with Crippen LogP contribution in [0.25, 0.3) is 0 Å². The van der Waals surface area contributed by atoms with Crippen molar-refractivity contribution >= 4 is 27.7 Å². The van der Waals surface area contributed by atoms with Gasteiger partial charge >= 0.3 is 5.97 Å². The molecule has 2 aromatic rings. The van der Waals surface area contributed by atoms with Gasteiger partial charge in [-0.15, -0.1) is 0 Å². The van der Waals surface area contributed by atoms with Gasteiger partial charge in [-0.25, -0.2) is 0 Å². The molecule has 0 bridgehead atoms. The third-order valence-corrected chi connectivity index (χ3v) is 5.16. The highest BCUT2D eigenvalue weighted by atomic mass is 79.9. The molecule has 1 heterocycles. The lowest BCUT2D eigenvalue weighted by molar-refractivity contribution is -0.141. The molecular weight excluding hydrogens is 440 g/mol. The van der Waals surface area contributed by atoms with Gasteiger partial charge in [-0.3, -0.25) is 9.59 Å². The molecule has 0 unspecified atom stereocenters. The molecule has 7 heteroatoms. The highest BCUT2D eigenvalue weighted by Gasteiger charge is 2.18. The lowest BCUT2D eigenvalue weighted by Gasteiger charge is -2.14. The van der Waals surface area contributed by atoms with E-state index in [0.717, 1.165) is 17.7 Å². The zero-order valence-electron chi connectivity index (χ0n) is 16.5. The summed E-state index contributed by atoms with van der Waals surface area (Å²) in [5.41, 5.74) is 2.22. The van der Waals surface area contributed by atoms with Crippen molar-refractivity contribution in [2.24, 2.45) is 0 Å². The van der Waals surface area contributed by atoms with Crippen LogP contribution in [0.5, 0.6) is 17.2 Å². The molecule has 29 heavy (non-hydrogen) atoms. The van der Waals surface area contributed by atoms with Crippen LogP contribution in [0.3, 0.4) is 0 Å². The quantitative estimate of drug-likeness (QED) is 0.411. The van der Waals surface area contributed by atoms with Crippen LogP contribution >= 0.6 is 15.9 Å².